The van der Waals surface area contributed by atoms with Crippen molar-refractivity contribution in [3.05, 3.63) is 23.2 Å². The van der Waals surface area contributed by atoms with Crippen molar-refractivity contribution in [3.8, 4) is 0 Å². The third-order valence-corrected chi connectivity index (χ3v) is 5.88. The molecule has 1 aromatic heterocycles. The molecule has 0 bridgehead atoms. The molecule has 3 nitrogen and oxygen atoms in total. The van der Waals surface area contributed by atoms with Crippen LogP contribution in [0.25, 0.3) is 0 Å². The van der Waals surface area contributed by atoms with Gasteiger partial charge in [0, 0.05) is 0 Å². The van der Waals surface area contributed by atoms with Crippen LogP contribution in [0.5, 0.6) is 0 Å². The highest BCUT2D eigenvalue weighted by Crippen LogP contribution is 2.70. The summed E-state index contributed by atoms with van der Waals surface area (Å²) in [5, 5.41) is 0. The quantitative estimate of drug-likeness (QED) is 0.770. The van der Waals surface area contributed by atoms with E-state index >= 15 is 0 Å². The number of Topliss-reactive ketones (excluding diaryl/α,β-unsaturated/α-hetero) is 1. The number of ether oxygens (including phenoxy) is 1. The number of carbonyl (C=O) groups excluding carboxylic acids is 1. The summed E-state index contributed by atoms with van der Waals surface area (Å²) in [4.78, 5) is 11.7. The van der Waals surface area contributed by atoms with Gasteiger partial charge in [-0.25, -0.2) is 0 Å². The molecule has 0 N–H and O–H groups in total. The van der Waals surface area contributed by atoms with E-state index in [1.165, 1.54) is 25.7 Å². The molecule has 1 aliphatic heterocycles. The maximum absolute atomic E-state index is 11.7. The van der Waals surface area contributed by atoms with Crippen molar-refractivity contribution in [1.29, 1.82) is 0 Å². The van der Waals surface area contributed by atoms with Crippen LogP contribution in [-0.2, 0) is 10.2 Å². The number of hydrogen-bond acceptors (Lipinski definition) is 3. The molecule has 3 fully saturated rings. The Bertz CT molecular complexity index is 565. The van der Waals surface area contributed by atoms with Gasteiger partial charge in [0.2, 0.25) is 0 Å². The highest BCUT2D eigenvalue weighted by Gasteiger charge is 2.74. The molecule has 0 aromatic carbocycles. The summed E-state index contributed by atoms with van der Waals surface area (Å²) in [6.45, 7) is 4.39. The summed E-state index contributed by atoms with van der Waals surface area (Å²) in [7, 11) is 0. The molecule has 1 aromatic rings. The summed E-state index contributed by atoms with van der Waals surface area (Å²) in [6, 6.07) is 2.00. The first-order valence-corrected chi connectivity index (χ1v) is 7.85. The molecule has 108 valence electrons. The van der Waals surface area contributed by atoms with E-state index in [4.69, 9.17) is 9.15 Å². The van der Waals surface area contributed by atoms with Gasteiger partial charge in [0.25, 0.3) is 0 Å². The van der Waals surface area contributed by atoms with Crippen LogP contribution in [0.2, 0.25) is 0 Å². The average molecular weight is 274 g/mol. The smallest absolute Gasteiger partial charge is 0.163 e. The van der Waals surface area contributed by atoms with Crippen LogP contribution >= 0.6 is 0 Å². The van der Waals surface area contributed by atoms with Crippen LogP contribution in [0.3, 0.4) is 0 Å². The molecule has 0 amide bonds. The molecule has 4 rings (SSSR count). The lowest BCUT2D eigenvalue weighted by Gasteiger charge is -2.40. The molecule has 1 saturated heterocycles. The van der Waals surface area contributed by atoms with Gasteiger partial charge in [0.15, 0.2) is 5.78 Å². The Balaban J connectivity index is 1.77. The first-order valence-electron chi connectivity index (χ1n) is 7.85. The summed E-state index contributed by atoms with van der Waals surface area (Å²) in [6.07, 6.45) is 7.32. The number of rotatable bonds is 2. The fourth-order valence-corrected chi connectivity index (χ4v) is 4.77. The Morgan fingerprint density at radius 1 is 1.30 bits per heavy atom. The Morgan fingerprint density at radius 2 is 2.05 bits per heavy atom. The maximum Gasteiger partial charge on any atom is 0.163 e. The fourth-order valence-electron chi connectivity index (χ4n) is 4.77. The molecule has 2 saturated carbocycles. The zero-order valence-corrected chi connectivity index (χ0v) is 12.3. The third kappa shape index (κ3) is 1.42. The molecule has 2 heterocycles. The lowest BCUT2D eigenvalue weighted by molar-refractivity contribution is -0.0639. The van der Waals surface area contributed by atoms with Crippen LogP contribution in [0, 0.1) is 12.8 Å². The predicted molar refractivity (Wildman–Crippen MR) is 75.0 cm³/mol. The van der Waals surface area contributed by atoms with E-state index in [2.05, 4.69) is 0 Å². The summed E-state index contributed by atoms with van der Waals surface area (Å²) < 4.78 is 12.3. The minimum Gasteiger partial charge on any atom is -0.465 e. The standard InChI is InChI=1S/C17H22O3/c1-11(18)14-8-15(20-12(14)2)17-9-13(17)10-19-16(17)6-4-3-5-7-16/h8,13H,3-7,9-10H2,1-2H3. The van der Waals surface area contributed by atoms with E-state index in [9.17, 15) is 4.79 Å². The van der Waals surface area contributed by atoms with Gasteiger partial charge in [-0.2, -0.15) is 0 Å². The number of carbonyl (C=O) groups is 1. The van der Waals surface area contributed by atoms with Crippen LogP contribution in [0.1, 0.15) is 67.3 Å². The van der Waals surface area contributed by atoms with Crippen molar-refractivity contribution in [2.75, 3.05) is 6.61 Å². The molecule has 0 radical (unpaired) electrons. The van der Waals surface area contributed by atoms with E-state index in [1.54, 1.807) is 6.92 Å². The SMILES string of the molecule is CC(=O)c1cc(C23CC2COC32CCCCC2)oc1C. The Morgan fingerprint density at radius 3 is 2.65 bits per heavy atom. The zero-order chi connectivity index (χ0) is 14.0. The minimum absolute atomic E-state index is 0.00569. The molecule has 3 heteroatoms. The predicted octanol–water partition coefficient (Wildman–Crippen LogP) is 3.78. The van der Waals surface area contributed by atoms with Crippen molar-refractivity contribution >= 4 is 5.78 Å². The largest absolute Gasteiger partial charge is 0.465 e. The van der Waals surface area contributed by atoms with Crippen molar-refractivity contribution in [2.24, 2.45) is 5.92 Å². The summed E-state index contributed by atoms with van der Waals surface area (Å²) in [5.41, 5.74) is 0.818. The third-order valence-electron chi connectivity index (χ3n) is 5.88. The maximum atomic E-state index is 11.7. The second kappa shape index (κ2) is 3.97. The average Bonchev–Trinajstić information content (AvgIpc) is 2.95. The van der Waals surface area contributed by atoms with Crippen molar-refractivity contribution in [2.45, 2.75) is 63.4 Å². The van der Waals surface area contributed by atoms with Crippen LogP contribution < -0.4 is 0 Å². The molecule has 3 aliphatic rings. The molecule has 1 spiro atoms. The van der Waals surface area contributed by atoms with E-state index in [-0.39, 0.29) is 16.8 Å². The number of aryl methyl sites for hydroxylation is 1. The first kappa shape index (κ1) is 12.6. The molecular weight excluding hydrogens is 252 g/mol. The van der Waals surface area contributed by atoms with E-state index in [0.29, 0.717) is 5.92 Å². The van der Waals surface area contributed by atoms with Gasteiger partial charge in [0.05, 0.1) is 23.2 Å². The van der Waals surface area contributed by atoms with Gasteiger partial charge in [-0.05, 0) is 45.1 Å². The lowest BCUT2D eigenvalue weighted by Crippen LogP contribution is -2.43. The Kier molecular flexibility index (Phi) is 2.51. The van der Waals surface area contributed by atoms with Gasteiger partial charge < -0.3 is 9.15 Å². The van der Waals surface area contributed by atoms with Crippen molar-refractivity contribution < 1.29 is 13.9 Å². The highest BCUT2D eigenvalue weighted by atomic mass is 16.5. The normalized spacial score (nSPS) is 34.2. The first-order chi connectivity index (χ1) is 9.59. The van der Waals surface area contributed by atoms with Gasteiger partial charge in [-0.3, -0.25) is 4.79 Å². The van der Waals surface area contributed by atoms with Gasteiger partial charge in [-0.1, -0.05) is 19.3 Å². The number of ketones is 1. The molecule has 2 aliphatic carbocycles. The van der Waals surface area contributed by atoms with Crippen LogP contribution in [0.4, 0.5) is 0 Å². The van der Waals surface area contributed by atoms with E-state index in [0.717, 1.165) is 36.5 Å². The lowest BCUT2D eigenvalue weighted by atomic mass is 9.72. The van der Waals surface area contributed by atoms with Crippen LogP contribution in [-0.4, -0.2) is 18.0 Å². The Hall–Kier alpha value is -1.09. The second-order valence-electron chi connectivity index (χ2n) is 6.88. The molecule has 2 unspecified atom stereocenters. The Labute approximate surface area is 119 Å². The molecule has 2 atom stereocenters. The highest BCUT2D eigenvalue weighted by molar-refractivity contribution is 5.95. The van der Waals surface area contributed by atoms with Crippen LogP contribution in [0.15, 0.2) is 10.5 Å². The van der Waals surface area contributed by atoms with Gasteiger partial charge >= 0.3 is 0 Å². The van der Waals surface area contributed by atoms with Crippen molar-refractivity contribution in [3.63, 3.8) is 0 Å². The number of hydrogen-bond donors (Lipinski definition) is 0. The minimum atomic E-state index is -0.00569. The monoisotopic (exact) mass is 274 g/mol. The van der Waals surface area contributed by atoms with E-state index < -0.39 is 0 Å². The van der Waals surface area contributed by atoms with Gasteiger partial charge in [0.1, 0.15) is 11.5 Å². The topological polar surface area (TPSA) is 39.4 Å². The number of furan rings is 1. The number of fused-ring (bicyclic) bond motifs is 2. The van der Waals surface area contributed by atoms with Crippen molar-refractivity contribution in [1.82, 2.24) is 0 Å². The summed E-state index contributed by atoms with van der Waals surface area (Å²) in [5.74, 6) is 2.49. The summed E-state index contributed by atoms with van der Waals surface area (Å²) >= 11 is 0. The molecular formula is C17H22O3. The second-order valence-corrected chi connectivity index (χ2v) is 6.88. The fraction of sp³-hybridized carbons (Fsp3) is 0.706. The van der Waals surface area contributed by atoms with Gasteiger partial charge in [-0.15, -0.1) is 0 Å². The zero-order valence-electron chi connectivity index (χ0n) is 12.3. The van der Waals surface area contributed by atoms with E-state index in [1.807, 2.05) is 13.0 Å². The molecule has 20 heavy (non-hydrogen) atoms.